The topological polar surface area (TPSA) is 45.9 Å². The van der Waals surface area contributed by atoms with Crippen molar-refractivity contribution in [2.24, 2.45) is 0 Å². The van der Waals surface area contributed by atoms with E-state index in [4.69, 9.17) is 4.74 Å². The van der Waals surface area contributed by atoms with Crippen LogP contribution in [0.3, 0.4) is 0 Å². The molecule has 1 aromatic heterocycles. The van der Waals surface area contributed by atoms with Gasteiger partial charge in [0.15, 0.2) is 0 Å². The normalized spacial score (nSPS) is 11.1. The van der Waals surface area contributed by atoms with Crippen molar-refractivity contribution < 1.29 is 4.74 Å². The lowest BCUT2D eigenvalue weighted by atomic mass is 10.1. The number of methoxy groups -OCH3 is 1. The number of nitrogens with zero attached hydrogens (tertiary/aromatic N) is 2. The molecule has 0 N–H and O–H groups in total. The summed E-state index contributed by atoms with van der Waals surface area (Å²) in [4.78, 5) is 4.60. The summed E-state index contributed by atoms with van der Waals surface area (Å²) in [5, 5.41) is 12.2. The standard InChI is InChI=1S/C19H13BrN2OS/c1-23-16-8-6-13(7-9-16)18-12-24-19(22-18)15(11-21)10-14-4-2-3-5-17(14)20/h2-10,12H,1H3/b15-10-. The third-order valence-electron chi connectivity index (χ3n) is 3.45. The van der Waals surface area contributed by atoms with Gasteiger partial charge in [-0.15, -0.1) is 11.3 Å². The van der Waals surface area contributed by atoms with E-state index >= 15 is 0 Å². The molecular weight excluding hydrogens is 384 g/mol. The van der Waals surface area contributed by atoms with Crippen molar-refractivity contribution >= 4 is 38.9 Å². The molecule has 5 heteroatoms. The predicted molar refractivity (Wildman–Crippen MR) is 102 cm³/mol. The van der Waals surface area contributed by atoms with E-state index in [9.17, 15) is 5.26 Å². The molecule has 0 bridgehead atoms. The fraction of sp³-hybridized carbons (Fsp3) is 0.0526. The van der Waals surface area contributed by atoms with Gasteiger partial charge in [0.2, 0.25) is 0 Å². The fourth-order valence-electron chi connectivity index (χ4n) is 2.18. The molecule has 0 radical (unpaired) electrons. The van der Waals surface area contributed by atoms with Crippen LogP contribution in [0.5, 0.6) is 5.75 Å². The van der Waals surface area contributed by atoms with E-state index in [1.54, 1.807) is 7.11 Å². The molecule has 0 saturated heterocycles. The minimum Gasteiger partial charge on any atom is -0.497 e. The molecule has 118 valence electrons. The molecule has 0 spiro atoms. The average molecular weight is 397 g/mol. The van der Waals surface area contributed by atoms with Gasteiger partial charge in [0.05, 0.1) is 18.4 Å². The second-order valence-corrected chi connectivity index (χ2v) is 6.67. The van der Waals surface area contributed by atoms with E-state index in [0.717, 1.165) is 27.0 Å². The number of allylic oxidation sites excluding steroid dienone is 1. The molecule has 0 aliphatic heterocycles. The molecule has 0 atom stereocenters. The molecule has 24 heavy (non-hydrogen) atoms. The van der Waals surface area contributed by atoms with Gasteiger partial charge in [-0.3, -0.25) is 0 Å². The van der Waals surface area contributed by atoms with E-state index in [0.29, 0.717) is 10.6 Å². The monoisotopic (exact) mass is 396 g/mol. The van der Waals surface area contributed by atoms with Crippen LogP contribution in [0.25, 0.3) is 22.9 Å². The van der Waals surface area contributed by atoms with Crippen molar-refractivity contribution in [1.82, 2.24) is 4.98 Å². The molecule has 0 aliphatic carbocycles. The summed E-state index contributed by atoms with van der Waals surface area (Å²) >= 11 is 4.96. The molecule has 3 nitrogen and oxygen atoms in total. The molecule has 3 rings (SSSR count). The van der Waals surface area contributed by atoms with Gasteiger partial charge in [-0.1, -0.05) is 34.1 Å². The van der Waals surface area contributed by atoms with Crippen LogP contribution >= 0.6 is 27.3 Å². The Bertz CT molecular complexity index is 923. The summed E-state index contributed by atoms with van der Waals surface area (Å²) < 4.78 is 6.12. The zero-order valence-corrected chi connectivity index (χ0v) is 15.3. The lowest BCUT2D eigenvalue weighted by Gasteiger charge is -2.00. The second-order valence-electron chi connectivity index (χ2n) is 4.96. The number of hydrogen-bond acceptors (Lipinski definition) is 4. The maximum Gasteiger partial charge on any atom is 0.134 e. The van der Waals surface area contributed by atoms with Crippen molar-refractivity contribution in [3.63, 3.8) is 0 Å². The third kappa shape index (κ3) is 3.56. The van der Waals surface area contributed by atoms with E-state index in [-0.39, 0.29) is 0 Å². The molecule has 3 aromatic rings. The van der Waals surface area contributed by atoms with Crippen LogP contribution in [0.1, 0.15) is 10.6 Å². The van der Waals surface area contributed by atoms with E-state index in [2.05, 4.69) is 27.0 Å². The first-order valence-corrected chi connectivity index (χ1v) is 8.85. The number of rotatable bonds is 4. The minimum atomic E-state index is 0.548. The Labute approximate surface area is 153 Å². The van der Waals surface area contributed by atoms with Gasteiger partial charge in [-0.2, -0.15) is 5.26 Å². The van der Waals surface area contributed by atoms with Gasteiger partial charge in [0.25, 0.3) is 0 Å². The molecule has 1 heterocycles. The Morgan fingerprint density at radius 3 is 2.62 bits per heavy atom. The summed E-state index contributed by atoms with van der Waals surface area (Å²) in [5.74, 6) is 0.806. The smallest absolute Gasteiger partial charge is 0.134 e. The third-order valence-corrected chi connectivity index (χ3v) is 5.04. The Balaban J connectivity index is 1.93. The van der Waals surface area contributed by atoms with Crippen LogP contribution in [0.2, 0.25) is 0 Å². The van der Waals surface area contributed by atoms with Gasteiger partial charge in [-0.05, 0) is 42.0 Å². The lowest BCUT2D eigenvalue weighted by Crippen LogP contribution is -1.85. The molecule has 0 aliphatic rings. The first kappa shape index (κ1) is 16.4. The summed E-state index contributed by atoms with van der Waals surface area (Å²) in [7, 11) is 1.64. The maximum absolute atomic E-state index is 9.50. The fourth-order valence-corrected chi connectivity index (χ4v) is 3.38. The summed E-state index contributed by atoms with van der Waals surface area (Å²) in [6.45, 7) is 0. The van der Waals surface area contributed by atoms with Crippen molar-refractivity contribution in [1.29, 1.82) is 5.26 Å². The highest BCUT2D eigenvalue weighted by Gasteiger charge is 2.10. The van der Waals surface area contributed by atoms with Crippen LogP contribution in [0, 0.1) is 11.3 Å². The van der Waals surface area contributed by atoms with E-state index in [1.165, 1.54) is 11.3 Å². The van der Waals surface area contributed by atoms with Crippen LogP contribution in [-0.4, -0.2) is 12.1 Å². The van der Waals surface area contributed by atoms with Crippen LogP contribution in [0.4, 0.5) is 0 Å². The summed E-state index contributed by atoms with van der Waals surface area (Å²) in [6, 6.07) is 17.8. The van der Waals surface area contributed by atoms with Gasteiger partial charge in [0, 0.05) is 15.4 Å². The molecule has 0 saturated carbocycles. The van der Waals surface area contributed by atoms with Gasteiger partial charge < -0.3 is 4.74 Å². The zero-order valence-electron chi connectivity index (χ0n) is 12.9. The van der Waals surface area contributed by atoms with Gasteiger partial charge >= 0.3 is 0 Å². The number of halogens is 1. The number of nitriles is 1. The Hall–Kier alpha value is -2.42. The summed E-state index contributed by atoms with van der Waals surface area (Å²) in [6.07, 6.45) is 1.85. The average Bonchev–Trinajstić information content (AvgIpc) is 3.11. The highest BCUT2D eigenvalue weighted by molar-refractivity contribution is 9.10. The number of thiazole rings is 1. The molecule has 0 amide bonds. The van der Waals surface area contributed by atoms with Crippen LogP contribution < -0.4 is 4.74 Å². The Morgan fingerprint density at radius 2 is 1.96 bits per heavy atom. The lowest BCUT2D eigenvalue weighted by molar-refractivity contribution is 0.415. The summed E-state index contributed by atoms with van der Waals surface area (Å²) in [5.41, 5.74) is 3.35. The van der Waals surface area contributed by atoms with Gasteiger partial charge in [-0.25, -0.2) is 4.98 Å². The first-order chi connectivity index (χ1) is 11.7. The molecule has 0 fully saturated rings. The van der Waals surface area contributed by atoms with Gasteiger partial charge in [0.1, 0.15) is 16.8 Å². The zero-order chi connectivity index (χ0) is 16.9. The molecular formula is C19H13BrN2OS. The Kier molecular flexibility index (Phi) is 5.09. The van der Waals surface area contributed by atoms with Crippen LogP contribution in [-0.2, 0) is 0 Å². The first-order valence-electron chi connectivity index (χ1n) is 7.18. The largest absolute Gasteiger partial charge is 0.497 e. The van der Waals surface area contributed by atoms with Crippen LogP contribution in [0.15, 0.2) is 58.4 Å². The highest BCUT2D eigenvalue weighted by atomic mass is 79.9. The molecule has 2 aromatic carbocycles. The van der Waals surface area contributed by atoms with Crippen molar-refractivity contribution in [3.05, 3.63) is 69.0 Å². The van der Waals surface area contributed by atoms with E-state index < -0.39 is 0 Å². The van der Waals surface area contributed by atoms with Crippen molar-refractivity contribution in [2.45, 2.75) is 0 Å². The highest BCUT2D eigenvalue weighted by Crippen LogP contribution is 2.29. The van der Waals surface area contributed by atoms with Crippen molar-refractivity contribution in [2.75, 3.05) is 7.11 Å². The minimum absolute atomic E-state index is 0.548. The number of aromatic nitrogens is 1. The second kappa shape index (κ2) is 7.43. The number of ether oxygens (including phenoxy) is 1. The maximum atomic E-state index is 9.50. The number of benzene rings is 2. The number of hydrogen-bond donors (Lipinski definition) is 0. The quantitative estimate of drug-likeness (QED) is 0.535. The van der Waals surface area contributed by atoms with Crippen molar-refractivity contribution in [3.8, 4) is 23.1 Å². The SMILES string of the molecule is COc1ccc(-c2csc(/C(C#N)=C\c3ccccc3Br)n2)cc1. The molecule has 0 unspecified atom stereocenters. The van der Waals surface area contributed by atoms with E-state index in [1.807, 2.05) is 60.0 Å². The Morgan fingerprint density at radius 1 is 1.21 bits per heavy atom. The predicted octanol–water partition coefficient (Wildman–Crippen LogP) is 5.65.